The Balaban J connectivity index is 1.77. The number of nitrogens with one attached hydrogen (secondary N) is 2. The summed E-state index contributed by atoms with van der Waals surface area (Å²) in [5.74, 6) is 0.857. The molecule has 2 N–H and O–H groups in total. The van der Waals surface area contributed by atoms with Crippen molar-refractivity contribution < 1.29 is 0 Å². The van der Waals surface area contributed by atoms with Gasteiger partial charge >= 0.3 is 0 Å². The van der Waals surface area contributed by atoms with Crippen LogP contribution < -0.4 is 10.6 Å². The van der Waals surface area contributed by atoms with Crippen molar-refractivity contribution in [3.8, 4) is 0 Å². The van der Waals surface area contributed by atoms with E-state index in [2.05, 4.69) is 62.6 Å². The lowest BCUT2D eigenvalue weighted by Gasteiger charge is -2.39. The molecule has 2 nitrogen and oxygen atoms in total. The zero-order chi connectivity index (χ0) is 16.9. The zero-order valence-corrected chi connectivity index (χ0v) is 15.9. The molecule has 1 unspecified atom stereocenters. The number of benzene rings is 1. The van der Waals surface area contributed by atoms with Crippen LogP contribution in [-0.2, 0) is 0 Å². The van der Waals surface area contributed by atoms with Crippen LogP contribution in [0.15, 0.2) is 30.3 Å². The van der Waals surface area contributed by atoms with Gasteiger partial charge in [-0.25, -0.2) is 0 Å². The summed E-state index contributed by atoms with van der Waals surface area (Å²) in [6.45, 7) is 9.30. The summed E-state index contributed by atoms with van der Waals surface area (Å²) in [4.78, 5) is 0. The maximum absolute atomic E-state index is 5.51. The van der Waals surface area contributed by atoms with E-state index in [1.54, 1.807) is 0 Å². The molecule has 0 bridgehead atoms. The maximum atomic E-state index is 5.51. The average molecular weight is 333 g/mol. The fraction of sp³-hybridized carbons (Fsp3) is 0.650. The van der Waals surface area contributed by atoms with Crippen LogP contribution in [0.3, 0.4) is 0 Å². The summed E-state index contributed by atoms with van der Waals surface area (Å²) < 4.78 is 0. The highest BCUT2D eigenvalue weighted by Crippen LogP contribution is 2.40. The molecule has 23 heavy (non-hydrogen) atoms. The van der Waals surface area contributed by atoms with E-state index in [1.807, 2.05) is 6.07 Å². The highest BCUT2D eigenvalue weighted by molar-refractivity contribution is 7.80. The second-order valence-corrected chi connectivity index (χ2v) is 8.05. The summed E-state index contributed by atoms with van der Waals surface area (Å²) in [5, 5.41) is 7.74. The fourth-order valence-electron chi connectivity index (χ4n) is 3.56. The molecule has 0 spiro atoms. The van der Waals surface area contributed by atoms with E-state index in [-0.39, 0.29) is 6.04 Å². The zero-order valence-electron chi connectivity index (χ0n) is 15.1. The molecule has 0 aromatic heterocycles. The molecule has 0 amide bonds. The van der Waals surface area contributed by atoms with Crippen molar-refractivity contribution in [3.05, 3.63) is 35.9 Å². The van der Waals surface area contributed by atoms with E-state index >= 15 is 0 Å². The predicted octanol–water partition coefficient (Wildman–Crippen LogP) is 5.21. The van der Waals surface area contributed by atoms with E-state index < -0.39 is 0 Å². The first kappa shape index (κ1) is 18.3. The molecule has 3 heteroatoms. The molecule has 128 valence electrons. The molecular weight excluding hydrogens is 300 g/mol. The van der Waals surface area contributed by atoms with E-state index in [0.717, 1.165) is 11.0 Å². The molecular formula is C20H32N2S. The third-order valence-electron chi connectivity index (χ3n) is 5.73. The van der Waals surface area contributed by atoms with Crippen molar-refractivity contribution in [1.29, 1.82) is 0 Å². The first-order valence-corrected chi connectivity index (χ1v) is 9.45. The Morgan fingerprint density at radius 3 is 2.35 bits per heavy atom. The van der Waals surface area contributed by atoms with Gasteiger partial charge in [0.1, 0.15) is 0 Å². The summed E-state index contributed by atoms with van der Waals surface area (Å²) in [6.07, 6.45) is 6.36. The Kier molecular flexibility index (Phi) is 6.46. The molecule has 1 aromatic carbocycles. The van der Waals surface area contributed by atoms with Crippen molar-refractivity contribution in [2.24, 2.45) is 11.3 Å². The second kappa shape index (κ2) is 8.14. The number of rotatable bonds is 5. The topological polar surface area (TPSA) is 24.1 Å². The SMILES string of the molecule is CCC(C)(C)C1CCC(NC(=S)NC(C)c2ccccc2)CC1. The summed E-state index contributed by atoms with van der Waals surface area (Å²) in [6, 6.07) is 11.2. The van der Waals surface area contributed by atoms with Crippen molar-refractivity contribution in [2.45, 2.75) is 71.9 Å². The van der Waals surface area contributed by atoms with E-state index in [4.69, 9.17) is 12.2 Å². The lowest BCUT2D eigenvalue weighted by molar-refractivity contribution is 0.141. The van der Waals surface area contributed by atoms with Gasteiger partial charge in [-0.15, -0.1) is 0 Å². The monoisotopic (exact) mass is 332 g/mol. The number of hydrogen-bond acceptors (Lipinski definition) is 1. The van der Waals surface area contributed by atoms with Crippen LogP contribution in [0.25, 0.3) is 0 Å². The van der Waals surface area contributed by atoms with E-state index in [1.165, 1.54) is 37.7 Å². The number of thiocarbonyl (C=S) groups is 1. The van der Waals surface area contributed by atoms with Gasteiger partial charge < -0.3 is 10.6 Å². The van der Waals surface area contributed by atoms with Crippen LogP contribution in [0.4, 0.5) is 0 Å². The van der Waals surface area contributed by atoms with E-state index in [9.17, 15) is 0 Å². The van der Waals surface area contributed by atoms with Crippen molar-refractivity contribution in [1.82, 2.24) is 10.6 Å². The summed E-state index contributed by atoms with van der Waals surface area (Å²) in [5.41, 5.74) is 1.75. The van der Waals surface area contributed by atoms with Gasteiger partial charge in [0.15, 0.2) is 5.11 Å². The molecule has 2 rings (SSSR count). The first-order chi connectivity index (χ1) is 10.9. The van der Waals surface area contributed by atoms with Gasteiger partial charge in [0.25, 0.3) is 0 Å². The van der Waals surface area contributed by atoms with Gasteiger partial charge in [-0.05, 0) is 61.7 Å². The molecule has 0 radical (unpaired) electrons. The molecule has 1 saturated carbocycles. The highest BCUT2D eigenvalue weighted by atomic mass is 32.1. The van der Waals surface area contributed by atoms with Gasteiger partial charge in [-0.3, -0.25) is 0 Å². The standard InChI is InChI=1S/C20H32N2S/c1-5-20(3,4)17-11-13-18(14-12-17)22-19(23)21-15(2)16-9-7-6-8-10-16/h6-10,15,17-18H,5,11-14H2,1-4H3,(H2,21,22,23). The third kappa shape index (κ3) is 5.20. The molecule has 0 aliphatic heterocycles. The molecule has 1 aliphatic carbocycles. The molecule has 1 aromatic rings. The molecule has 0 heterocycles. The third-order valence-corrected chi connectivity index (χ3v) is 5.96. The minimum atomic E-state index is 0.242. The molecule has 1 aliphatic rings. The van der Waals surface area contributed by atoms with Crippen LogP contribution in [0, 0.1) is 11.3 Å². The summed E-state index contributed by atoms with van der Waals surface area (Å²) >= 11 is 5.51. The minimum absolute atomic E-state index is 0.242. The van der Waals surface area contributed by atoms with Crippen LogP contribution >= 0.6 is 12.2 Å². The molecule has 0 saturated heterocycles. The summed E-state index contributed by atoms with van der Waals surface area (Å²) in [7, 11) is 0. The largest absolute Gasteiger partial charge is 0.360 e. The van der Waals surface area contributed by atoms with Gasteiger partial charge in [-0.1, -0.05) is 57.5 Å². The molecule has 1 fully saturated rings. The van der Waals surface area contributed by atoms with Crippen LogP contribution in [0.2, 0.25) is 0 Å². The second-order valence-electron chi connectivity index (χ2n) is 7.64. The molecule has 1 atom stereocenters. The van der Waals surface area contributed by atoms with Crippen molar-refractivity contribution in [3.63, 3.8) is 0 Å². The predicted molar refractivity (Wildman–Crippen MR) is 104 cm³/mol. The average Bonchev–Trinajstić information content (AvgIpc) is 2.56. The normalized spacial score (nSPS) is 23.1. The van der Waals surface area contributed by atoms with Crippen molar-refractivity contribution in [2.75, 3.05) is 0 Å². The maximum Gasteiger partial charge on any atom is 0.166 e. The Labute approximate surface area is 147 Å². The Bertz CT molecular complexity index is 490. The van der Waals surface area contributed by atoms with Crippen LogP contribution in [-0.4, -0.2) is 11.2 Å². The quantitative estimate of drug-likeness (QED) is 0.724. The smallest absolute Gasteiger partial charge is 0.166 e. The first-order valence-electron chi connectivity index (χ1n) is 9.04. The van der Waals surface area contributed by atoms with Crippen LogP contribution in [0.1, 0.15) is 71.4 Å². The Hall–Kier alpha value is -1.09. The minimum Gasteiger partial charge on any atom is -0.360 e. The lowest BCUT2D eigenvalue weighted by atomic mass is 9.69. The van der Waals surface area contributed by atoms with Gasteiger partial charge in [0.05, 0.1) is 6.04 Å². The highest BCUT2D eigenvalue weighted by Gasteiger charge is 2.31. The van der Waals surface area contributed by atoms with Gasteiger partial charge in [-0.2, -0.15) is 0 Å². The lowest BCUT2D eigenvalue weighted by Crippen LogP contribution is -2.45. The van der Waals surface area contributed by atoms with Crippen LogP contribution in [0.5, 0.6) is 0 Å². The van der Waals surface area contributed by atoms with E-state index in [0.29, 0.717) is 11.5 Å². The fourth-order valence-corrected chi connectivity index (χ4v) is 3.90. The van der Waals surface area contributed by atoms with Gasteiger partial charge in [0, 0.05) is 6.04 Å². The Morgan fingerprint density at radius 2 is 1.78 bits per heavy atom. The van der Waals surface area contributed by atoms with Gasteiger partial charge in [0.2, 0.25) is 0 Å². The number of hydrogen-bond donors (Lipinski definition) is 2. The van der Waals surface area contributed by atoms with Crippen molar-refractivity contribution >= 4 is 17.3 Å². The Morgan fingerprint density at radius 1 is 1.17 bits per heavy atom.